The van der Waals surface area contributed by atoms with Gasteiger partial charge in [0.05, 0.1) is 19.2 Å². The molecule has 0 radical (unpaired) electrons. The molecule has 4 aromatic rings. The van der Waals surface area contributed by atoms with Gasteiger partial charge in [-0.2, -0.15) is 0 Å². The van der Waals surface area contributed by atoms with Crippen LogP contribution in [0.5, 0.6) is 5.75 Å². The summed E-state index contributed by atoms with van der Waals surface area (Å²) < 4.78 is 7.19. The van der Waals surface area contributed by atoms with Crippen molar-refractivity contribution in [1.82, 2.24) is 19.9 Å². The van der Waals surface area contributed by atoms with Crippen LogP contribution in [0.3, 0.4) is 0 Å². The number of nitrogens with zero attached hydrogens (tertiary/aromatic N) is 1. The van der Waals surface area contributed by atoms with Gasteiger partial charge in [0.1, 0.15) is 11.3 Å². The molecule has 1 aliphatic rings. The van der Waals surface area contributed by atoms with Gasteiger partial charge in [0.25, 0.3) is 11.5 Å². The number of aromatic nitrogens is 3. The maximum absolute atomic E-state index is 13.3. The average Bonchev–Trinajstić information content (AvgIpc) is 3.21. The number of methoxy groups -OCH3 is 1. The molecule has 0 bridgehead atoms. The number of aromatic amines is 2. The SMILES string of the molecule is COc1ccc2[nH]c3c(=O)n(Cc4ccc(C(=O)NC5CCCCC5C)cc4)c(=S)[nH]c3c2c1. The van der Waals surface area contributed by atoms with Gasteiger partial charge in [-0.3, -0.25) is 14.2 Å². The zero-order chi connectivity index (χ0) is 23.8. The minimum absolute atomic E-state index is 0.0466. The summed E-state index contributed by atoms with van der Waals surface area (Å²) >= 11 is 5.52. The lowest BCUT2D eigenvalue weighted by atomic mass is 9.86. The van der Waals surface area contributed by atoms with Crippen molar-refractivity contribution >= 4 is 40.1 Å². The Labute approximate surface area is 202 Å². The monoisotopic (exact) mass is 476 g/mol. The number of benzene rings is 2. The predicted molar refractivity (Wildman–Crippen MR) is 136 cm³/mol. The first kappa shape index (κ1) is 22.4. The molecule has 3 N–H and O–H groups in total. The Hall–Kier alpha value is -3.39. The fraction of sp³-hybridized carbons (Fsp3) is 0.346. The van der Waals surface area contributed by atoms with Crippen molar-refractivity contribution in [2.75, 3.05) is 7.11 Å². The molecule has 2 aromatic carbocycles. The third kappa shape index (κ3) is 4.14. The van der Waals surface area contributed by atoms with Crippen LogP contribution in [0.4, 0.5) is 0 Å². The van der Waals surface area contributed by atoms with Crippen LogP contribution in [0.25, 0.3) is 21.9 Å². The Kier molecular flexibility index (Phi) is 6.00. The predicted octanol–water partition coefficient (Wildman–Crippen LogP) is 4.91. The van der Waals surface area contributed by atoms with Crippen LogP contribution in [-0.2, 0) is 6.54 Å². The number of H-pyrrole nitrogens is 2. The number of fused-ring (bicyclic) bond motifs is 3. The molecule has 1 fully saturated rings. The lowest BCUT2D eigenvalue weighted by molar-refractivity contribution is 0.0910. The first-order valence-corrected chi connectivity index (χ1v) is 12.1. The van der Waals surface area contributed by atoms with Gasteiger partial charge in [0.2, 0.25) is 0 Å². The van der Waals surface area contributed by atoms with Gasteiger partial charge in [-0.05, 0) is 66.9 Å². The first-order chi connectivity index (χ1) is 16.4. The normalized spacial score (nSPS) is 18.3. The zero-order valence-corrected chi connectivity index (χ0v) is 20.1. The van der Waals surface area contributed by atoms with Gasteiger partial charge in [-0.1, -0.05) is 31.9 Å². The standard InChI is InChI=1S/C26H28N4O3S/c1-15-5-3-4-6-20(15)28-24(31)17-9-7-16(8-10-17)14-30-25(32)23-22(29-26(30)34)19-13-18(33-2)11-12-21(19)27-23/h7-13,15,20,27H,3-6,14H2,1-2H3,(H,28,31)(H,29,34). The number of ether oxygens (including phenoxy) is 1. The molecule has 1 aliphatic carbocycles. The van der Waals surface area contributed by atoms with Gasteiger partial charge in [0, 0.05) is 22.5 Å². The number of carbonyl (C=O) groups is 1. The number of hydrogen-bond donors (Lipinski definition) is 3. The fourth-order valence-corrected chi connectivity index (χ4v) is 5.11. The van der Waals surface area contributed by atoms with Gasteiger partial charge < -0.3 is 20.0 Å². The Morgan fingerprint density at radius 2 is 1.88 bits per heavy atom. The lowest BCUT2D eigenvalue weighted by Crippen LogP contribution is -2.41. The van der Waals surface area contributed by atoms with Crippen LogP contribution in [0.15, 0.2) is 47.3 Å². The van der Waals surface area contributed by atoms with E-state index in [1.165, 1.54) is 11.0 Å². The summed E-state index contributed by atoms with van der Waals surface area (Å²) in [6.45, 7) is 2.51. The molecule has 0 aliphatic heterocycles. The quantitative estimate of drug-likeness (QED) is 0.357. The smallest absolute Gasteiger partial charge is 0.278 e. The van der Waals surface area contributed by atoms with E-state index in [1.54, 1.807) is 7.11 Å². The average molecular weight is 477 g/mol. The van der Waals surface area contributed by atoms with Gasteiger partial charge >= 0.3 is 0 Å². The number of hydrogen-bond acceptors (Lipinski definition) is 4. The van der Waals surface area contributed by atoms with E-state index in [4.69, 9.17) is 17.0 Å². The molecule has 34 heavy (non-hydrogen) atoms. The molecule has 8 heteroatoms. The number of carbonyl (C=O) groups excluding carboxylic acids is 1. The minimum atomic E-state index is -0.193. The molecule has 5 rings (SSSR count). The highest BCUT2D eigenvalue weighted by atomic mass is 32.1. The number of nitrogens with one attached hydrogen (secondary N) is 3. The van der Waals surface area contributed by atoms with Crippen molar-refractivity contribution in [2.45, 2.75) is 45.2 Å². The van der Waals surface area contributed by atoms with Crippen LogP contribution in [0.1, 0.15) is 48.5 Å². The van der Waals surface area contributed by atoms with E-state index in [1.807, 2.05) is 42.5 Å². The summed E-state index contributed by atoms with van der Waals surface area (Å²) in [7, 11) is 1.61. The summed E-state index contributed by atoms with van der Waals surface area (Å²) in [5.41, 5.74) is 3.29. The highest BCUT2D eigenvalue weighted by Gasteiger charge is 2.23. The molecule has 2 unspecified atom stereocenters. The highest BCUT2D eigenvalue weighted by Crippen LogP contribution is 2.26. The molecule has 0 saturated heterocycles. The van der Waals surface area contributed by atoms with E-state index < -0.39 is 0 Å². The molecular formula is C26H28N4O3S. The van der Waals surface area contributed by atoms with E-state index >= 15 is 0 Å². The summed E-state index contributed by atoms with van der Waals surface area (Å²) in [4.78, 5) is 32.4. The molecule has 2 atom stereocenters. The second-order valence-electron chi connectivity index (χ2n) is 9.15. The molecule has 1 saturated carbocycles. The third-order valence-electron chi connectivity index (χ3n) is 6.93. The van der Waals surface area contributed by atoms with E-state index in [0.29, 0.717) is 39.6 Å². The fourth-order valence-electron chi connectivity index (χ4n) is 4.86. The summed E-state index contributed by atoms with van der Waals surface area (Å²) in [5, 5.41) is 4.04. The van der Waals surface area contributed by atoms with Crippen molar-refractivity contribution in [3.63, 3.8) is 0 Å². The largest absolute Gasteiger partial charge is 0.497 e. The molecule has 7 nitrogen and oxygen atoms in total. The number of amides is 1. The molecule has 0 spiro atoms. The Morgan fingerprint density at radius 1 is 1.12 bits per heavy atom. The minimum Gasteiger partial charge on any atom is -0.497 e. The second kappa shape index (κ2) is 9.10. The van der Waals surface area contributed by atoms with E-state index in [2.05, 4.69) is 22.2 Å². The van der Waals surface area contributed by atoms with E-state index in [-0.39, 0.29) is 17.5 Å². The first-order valence-electron chi connectivity index (χ1n) is 11.7. The summed E-state index contributed by atoms with van der Waals surface area (Å²) in [6, 6.07) is 13.2. The van der Waals surface area contributed by atoms with E-state index in [0.717, 1.165) is 35.7 Å². The molecule has 1 amide bonds. The molecule has 2 heterocycles. The van der Waals surface area contributed by atoms with Crippen molar-refractivity contribution < 1.29 is 9.53 Å². The Morgan fingerprint density at radius 3 is 2.62 bits per heavy atom. The topological polar surface area (TPSA) is 91.9 Å². The molecule has 176 valence electrons. The highest BCUT2D eigenvalue weighted by molar-refractivity contribution is 7.71. The summed E-state index contributed by atoms with van der Waals surface area (Å²) in [5.74, 6) is 1.17. The lowest BCUT2D eigenvalue weighted by Gasteiger charge is -2.29. The zero-order valence-electron chi connectivity index (χ0n) is 19.3. The van der Waals surface area contributed by atoms with Gasteiger partial charge in [0.15, 0.2) is 4.77 Å². The summed E-state index contributed by atoms with van der Waals surface area (Å²) in [6.07, 6.45) is 4.60. The third-order valence-corrected chi connectivity index (χ3v) is 7.25. The van der Waals surface area contributed by atoms with Crippen LogP contribution in [0.2, 0.25) is 0 Å². The second-order valence-corrected chi connectivity index (χ2v) is 9.53. The Bertz CT molecular complexity index is 1480. The number of rotatable bonds is 5. The maximum atomic E-state index is 13.3. The molecule has 2 aromatic heterocycles. The van der Waals surface area contributed by atoms with Crippen LogP contribution < -0.4 is 15.6 Å². The van der Waals surface area contributed by atoms with Gasteiger partial charge in [-0.25, -0.2) is 0 Å². The van der Waals surface area contributed by atoms with E-state index in [9.17, 15) is 9.59 Å². The van der Waals surface area contributed by atoms with Crippen LogP contribution in [-0.4, -0.2) is 33.6 Å². The molecular weight excluding hydrogens is 448 g/mol. The van der Waals surface area contributed by atoms with Crippen molar-refractivity contribution in [3.05, 3.63) is 68.7 Å². The van der Waals surface area contributed by atoms with Crippen molar-refractivity contribution in [2.24, 2.45) is 5.92 Å². The van der Waals surface area contributed by atoms with Crippen molar-refractivity contribution in [1.29, 1.82) is 0 Å². The maximum Gasteiger partial charge on any atom is 0.278 e. The van der Waals surface area contributed by atoms with Gasteiger partial charge in [-0.15, -0.1) is 0 Å². The van der Waals surface area contributed by atoms with Crippen LogP contribution in [0, 0.1) is 10.7 Å². The van der Waals surface area contributed by atoms with Crippen molar-refractivity contribution in [3.8, 4) is 5.75 Å². The van der Waals surface area contributed by atoms with Crippen LogP contribution >= 0.6 is 12.2 Å². The Balaban J connectivity index is 1.39.